The van der Waals surface area contributed by atoms with Crippen molar-refractivity contribution < 1.29 is 9.90 Å². The predicted octanol–water partition coefficient (Wildman–Crippen LogP) is 1.11. The van der Waals surface area contributed by atoms with Crippen LogP contribution >= 0.6 is 0 Å². The lowest BCUT2D eigenvalue weighted by molar-refractivity contribution is -0.117. The Labute approximate surface area is 125 Å². The maximum atomic E-state index is 11.8. The van der Waals surface area contributed by atoms with E-state index in [0.717, 1.165) is 5.56 Å². The van der Waals surface area contributed by atoms with Crippen molar-refractivity contribution in [1.82, 2.24) is 10.6 Å². The lowest BCUT2D eigenvalue weighted by Gasteiger charge is -2.12. The van der Waals surface area contributed by atoms with Crippen molar-refractivity contribution in [2.75, 3.05) is 13.2 Å². The summed E-state index contributed by atoms with van der Waals surface area (Å²) in [4.78, 5) is 11.8. The average molecular weight is 287 g/mol. The van der Waals surface area contributed by atoms with Gasteiger partial charge in [0.25, 0.3) is 5.91 Å². The molecule has 1 amide bonds. The minimum atomic E-state index is -0.409. The SMILES string of the molecule is CCC(CO)N/C=C(/C#N)C(=O)NCCc1ccccc1. The number of carbonyl (C=O) groups excluding carboxylic acids is 1. The number of hydrogen-bond acceptors (Lipinski definition) is 4. The van der Waals surface area contributed by atoms with E-state index in [9.17, 15) is 4.79 Å². The molecule has 21 heavy (non-hydrogen) atoms. The molecule has 1 atom stereocenters. The first-order valence-corrected chi connectivity index (χ1v) is 7.00. The second-order valence-corrected chi connectivity index (χ2v) is 4.62. The Hall–Kier alpha value is -2.32. The maximum absolute atomic E-state index is 11.8. The molecule has 1 unspecified atom stereocenters. The van der Waals surface area contributed by atoms with Crippen LogP contribution in [0, 0.1) is 11.3 Å². The number of aliphatic hydroxyl groups is 1. The summed E-state index contributed by atoms with van der Waals surface area (Å²) in [5, 5.41) is 23.6. The van der Waals surface area contributed by atoms with E-state index in [2.05, 4.69) is 10.6 Å². The summed E-state index contributed by atoms with van der Waals surface area (Å²) in [5.41, 5.74) is 1.14. The zero-order chi connectivity index (χ0) is 15.5. The molecule has 0 bridgehead atoms. The smallest absolute Gasteiger partial charge is 0.263 e. The van der Waals surface area contributed by atoms with Crippen LogP contribution in [0.5, 0.6) is 0 Å². The molecule has 0 aromatic heterocycles. The summed E-state index contributed by atoms with van der Waals surface area (Å²) in [7, 11) is 0. The standard InChI is InChI=1S/C16H21N3O2/c1-2-15(12-20)19-11-14(10-17)16(21)18-9-8-13-6-4-3-5-7-13/h3-7,11,15,19-20H,2,8-9,12H2,1H3,(H,18,21)/b14-11-. The molecule has 5 heteroatoms. The number of hydrogen-bond donors (Lipinski definition) is 3. The van der Waals surface area contributed by atoms with E-state index >= 15 is 0 Å². The summed E-state index contributed by atoms with van der Waals surface area (Å²) in [6.45, 7) is 2.34. The Morgan fingerprint density at radius 3 is 2.71 bits per heavy atom. The van der Waals surface area contributed by atoms with Crippen molar-refractivity contribution in [3.8, 4) is 6.07 Å². The highest BCUT2D eigenvalue weighted by Crippen LogP contribution is 1.99. The Morgan fingerprint density at radius 1 is 1.43 bits per heavy atom. The fourth-order valence-electron chi connectivity index (χ4n) is 1.71. The summed E-state index contributed by atoms with van der Waals surface area (Å²) in [5.74, 6) is -0.409. The van der Waals surface area contributed by atoms with Crippen LogP contribution in [0.15, 0.2) is 42.1 Å². The van der Waals surface area contributed by atoms with E-state index in [1.807, 2.05) is 43.3 Å². The Balaban J connectivity index is 2.45. The van der Waals surface area contributed by atoms with Crippen molar-refractivity contribution in [1.29, 1.82) is 5.26 Å². The van der Waals surface area contributed by atoms with Gasteiger partial charge in [-0.05, 0) is 18.4 Å². The van der Waals surface area contributed by atoms with Crippen molar-refractivity contribution in [3.05, 3.63) is 47.7 Å². The average Bonchev–Trinajstić information content (AvgIpc) is 2.52. The topological polar surface area (TPSA) is 85.2 Å². The molecule has 0 radical (unpaired) electrons. The maximum Gasteiger partial charge on any atom is 0.263 e. The van der Waals surface area contributed by atoms with E-state index in [1.165, 1.54) is 6.20 Å². The second kappa shape index (κ2) is 9.56. The van der Waals surface area contributed by atoms with Gasteiger partial charge < -0.3 is 15.7 Å². The molecular weight excluding hydrogens is 266 g/mol. The van der Waals surface area contributed by atoms with E-state index < -0.39 is 5.91 Å². The van der Waals surface area contributed by atoms with Gasteiger partial charge in [-0.3, -0.25) is 4.79 Å². The van der Waals surface area contributed by atoms with Crippen molar-refractivity contribution in [2.24, 2.45) is 0 Å². The first-order chi connectivity index (χ1) is 10.2. The van der Waals surface area contributed by atoms with Crippen LogP contribution in [0.1, 0.15) is 18.9 Å². The molecule has 0 fully saturated rings. The normalized spacial score (nSPS) is 12.3. The van der Waals surface area contributed by atoms with Gasteiger partial charge in [-0.15, -0.1) is 0 Å². The molecule has 112 valence electrons. The highest BCUT2D eigenvalue weighted by Gasteiger charge is 2.09. The van der Waals surface area contributed by atoms with Gasteiger partial charge in [-0.2, -0.15) is 5.26 Å². The summed E-state index contributed by atoms with van der Waals surface area (Å²) in [6, 6.07) is 11.5. The minimum absolute atomic E-state index is 0.00922. The Bertz CT molecular complexity index is 502. The Morgan fingerprint density at radius 2 is 2.14 bits per heavy atom. The number of benzene rings is 1. The molecule has 3 N–H and O–H groups in total. The summed E-state index contributed by atoms with van der Waals surface area (Å²) >= 11 is 0. The van der Waals surface area contributed by atoms with Gasteiger partial charge in [0.2, 0.25) is 0 Å². The van der Waals surface area contributed by atoms with Gasteiger partial charge in [0.15, 0.2) is 0 Å². The number of nitriles is 1. The molecule has 5 nitrogen and oxygen atoms in total. The van der Waals surface area contributed by atoms with Crippen LogP contribution in [0.4, 0.5) is 0 Å². The van der Waals surface area contributed by atoms with Crippen LogP contribution < -0.4 is 10.6 Å². The summed E-state index contributed by atoms with van der Waals surface area (Å²) in [6.07, 6.45) is 2.79. The fourth-order valence-corrected chi connectivity index (χ4v) is 1.71. The van der Waals surface area contributed by atoms with Crippen LogP contribution in [0.25, 0.3) is 0 Å². The Kier molecular flexibility index (Phi) is 7.62. The van der Waals surface area contributed by atoms with Crippen LogP contribution in [0.2, 0.25) is 0 Å². The van der Waals surface area contributed by atoms with Crippen molar-refractivity contribution in [2.45, 2.75) is 25.8 Å². The highest BCUT2D eigenvalue weighted by molar-refractivity contribution is 5.97. The van der Waals surface area contributed by atoms with Gasteiger partial charge >= 0.3 is 0 Å². The third-order valence-electron chi connectivity index (χ3n) is 3.08. The zero-order valence-corrected chi connectivity index (χ0v) is 12.2. The van der Waals surface area contributed by atoms with Gasteiger partial charge in [0, 0.05) is 18.8 Å². The number of amides is 1. The molecule has 0 aliphatic carbocycles. The van der Waals surface area contributed by atoms with Crippen LogP contribution in [0.3, 0.4) is 0 Å². The number of carbonyl (C=O) groups is 1. The number of nitrogens with zero attached hydrogens (tertiary/aromatic N) is 1. The van der Waals surface area contributed by atoms with E-state index in [0.29, 0.717) is 19.4 Å². The largest absolute Gasteiger partial charge is 0.394 e. The van der Waals surface area contributed by atoms with E-state index in [-0.39, 0.29) is 18.2 Å². The first-order valence-electron chi connectivity index (χ1n) is 7.00. The van der Waals surface area contributed by atoms with E-state index in [4.69, 9.17) is 10.4 Å². The van der Waals surface area contributed by atoms with Gasteiger partial charge in [0.05, 0.1) is 6.61 Å². The first kappa shape index (κ1) is 16.7. The molecule has 0 saturated heterocycles. The lowest BCUT2D eigenvalue weighted by Crippen LogP contribution is -2.31. The summed E-state index contributed by atoms with van der Waals surface area (Å²) < 4.78 is 0. The molecule has 0 spiro atoms. The van der Waals surface area contributed by atoms with Crippen molar-refractivity contribution >= 4 is 5.91 Å². The molecule has 0 saturated carbocycles. The lowest BCUT2D eigenvalue weighted by atomic mass is 10.1. The number of nitrogens with one attached hydrogen (secondary N) is 2. The third kappa shape index (κ3) is 6.11. The number of aliphatic hydroxyl groups excluding tert-OH is 1. The third-order valence-corrected chi connectivity index (χ3v) is 3.08. The molecular formula is C16H21N3O2. The molecule has 0 aliphatic rings. The van der Waals surface area contributed by atoms with Crippen LogP contribution in [-0.4, -0.2) is 30.2 Å². The van der Waals surface area contributed by atoms with Gasteiger partial charge in [0.1, 0.15) is 11.6 Å². The highest BCUT2D eigenvalue weighted by atomic mass is 16.3. The molecule has 1 aromatic carbocycles. The van der Waals surface area contributed by atoms with Gasteiger partial charge in [-0.25, -0.2) is 0 Å². The second-order valence-electron chi connectivity index (χ2n) is 4.62. The van der Waals surface area contributed by atoms with E-state index in [1.54, 1.807) is 0 Å². The quantitative estimate of drug-likeness (QED) is 0.494. The van der Waals surface area contributed by atoms with Crippen molar-refractivity contribution in [3.63, 3.8) is 0 Å². The molecule has 1 rings (SSSR count). The minimum Gasteiger partial charge on any atom is -0.394 e. The zero-order valence-electron chi connectivity index (χ0n) is 12.2. The monoisotopic (exact) mass is 287 g/mol. The fraction of sp³-hybridized carbons (Fsp3) is 0.375. The number of rotatable bonds is 8. The van der Waals surface area contributed by atoms with Crippen LogP contribution in [-0.2, 0) is 11.2 Å². The molecule has 0 heterocycles. The van der Waals surface area contributed by atoms with Gasteiger partial charge in [-0.1, -0.05) is 37.3 Å². The molecule has 0 aliphatic heterocycles. The predicted molar refractivity (Wildman–Crippen MR) is 81.2 cm³/mol. The molecule has 1 aromatic rings.